The van der Waals surface area contributed by atoms with Gasteiger partial charge < -0.3 is 9.80 Å². The van der Waals surface area contributed by atoms with Gasteiger partial charge in [-0.25, -0.2) is 4.68 Å². The average Bonchev–Trinajstić information content (AvgIpc) is 3.56. The first kappa shape index (κ1) is 22.8. The Hall–Kier alpha value is -3.62. The van der Waals surface area contributed by atoms with Gasteiger partial charge in [0.2, 0.25) is 0 Å². The van der Waals surface area contributed by atoms with Crippen molar-refractivity contribution < 1.29 is 22.8 Å². The Balaban J connectivity index is 1.17. The summed E-state index contributed by atoms with van der Waals surface area (Å²) in [6, 6.07) is 14.0. The maximum absolute atomic E-state index is 13.7. The van der Waals surface area contributed by atoms with Crippen LogP contribution in [0.25, 0.3) is 5.69 Å². The first-order valence-corrected chi connectivity index (χ1v) is 12.1. The number of carbonyl (C=O) groups excluding carboxylic acids is 2. The van der Waals surface area contributed by atoms with Crippen molar-refractivity contribution in [2.75, 3.05) is 19.6 Å². The van der Waals surface area contributed by atoms with Crippen molar-refractivity contribution in [3.8, 4) is 5.69 Å². The van der Waals surface area contributed by atoms with Crippen LogP contribution in [0.1, 0.15) is 56.6 Å². The lowest BCUT2D eigenvalue weighted by atomic mass is 9.96. The van der Waals surface area contributed by atoms with Crippen LogP contribution in [0.4, 0.5) is 13.2 Å². The van der Waals surface area contributed by atoms with E-state index in [1.807, 2.05) is 42.2 Å². The Labute approximate surface area is 206 Å². The van der Waals surface area contributed by atoms with Crippen LogP contribution in [0.15, 0.2) is 54.6 Å². The van der Waals surface area contributed by atoms with E-state index in [0.29, 0.717) is 31.2 Å². The van der Waals surface area contributed by atoms with Crippen LogP contribution in [0.2, 0.25) is 0 Å². The van der Waals surface area contributed by atoms with Crippen molar-refractivity contribution in [2.45, 2.75) is 32.0 Å². The van der Waals surface area contributed by atoms with Gasteiger partial charge in [-0.15, -0.1) is 0 Å². The molecule has 3 aliphatic rings. The predicted molar refractivity (Wildman–Crippen MR) is 126 cm³/mol. The number of nitrogens with zero attached hydrogens (tertiary/aromatic N) is 4. The summed E-state index contributed by atoms with van der Waals surface area (Å²) in [4.78, 5) is 30.0. The number of carbonyl (C=O) groups is 2. The molecular formula is C27H25F3N4O2. The molecule has 0 radical (unpaired) electrons. The van der Waals surface area contributed by atoms with Crippen molar-refractivity contribution in [1.29, 1.82) is 0 Å². The molecule has 1 saturated heterocycles. The third kappa shape index (κ3) is 3.77. The van der Waals surface area contributed by atoms with Crippen molar-refractivity contribution in [2.24, 2.45) is 11.8 Å². The van der Waals surface area contributed by atoms with Gasteiger partial charge in [-0.05, 0) is 62.1 Å². The molecule has 0 spiro atoms. The largest absolute Gasteiger partial charge is 0.416 e. The monoisotopic (exact) mass is 494 g/mol. The van der Waals surface area contributed by atoms with Crippen molar-refractivity contribution in [3.05, 3.63) is 82.7 Å². The number of fused-ring (bicyclic) bond motifs is 1. The van der Waals surface area contributed by atoms with Gasteiger partial charge in [0.1, 0.15) is 5.69 Å². The summed E-state index contributed by atoms with van der Waals surface area (Å²) >= 11 is 0. The molecule has 0 bridgehead atoms. The first-order valence-electron chi connectivity index (χ1n) is 12.1. The van der Waals surface area contributed by atoms with E-state index in [1.165, 1.54) is 12.1 Å². The van der Waals surface area contributed by atoms with Crippen LogP contribution in [-0.2, 0) is 6.18 Å². The third-order valence-corrected chi connectivity index (χ3v) is 7.43. The van der Waals surface area contributed by atoms with E-state index in [-0.39, 0.29) is 29.3 Å². The molecule has 2 aromatic carbocycles. The highest BCUT2D eigenvalue weighted by Gasteiger charge is 2.50. The lowest BCUT2D eigenvalue weighted by Gasteiger charge is -2.42. The minimum absolute atomic E-state index is 0.00428. The minimum atomic E-state index is -4.43. The molecule has 3 heterocycles. The average molecular weight is 495 g/mol. The van der Waals surface area contributed by atoms with E-state index in [9.17, 15) is 22.8 Å². The fraction of sp³-hybridized carbons (Fsp3) is 0.370. The number of benzene rings is 2. The molecule has 1 aromatic heterocycles. The Morgan fingerprint density at radius 2 is 1.69 bits per heavy atom. The number of aromatic nitrogens is 2. The van der Waals surface area contributed by atoms with Gasteiger partial charge in [0.25, 0.3) is 11.8 Å². The number of aryl methyl sites for hydroxylation is 1. The lowest BCUT2D eigenvalue weighted by Crippen LogP contribution is -2.54. The highest BCUT2D eigenvalue weighted by molar-refractivity contribution is 5.99. The standard InChI is InChI=1S/C27H25F3N4O2/c1-16-22-23(18-7-8-18)33(26(36)24(22)34(31-16)21-5-3-2-4-6-21)15-17-13-32(14-17)25(35)19-9-11-20(12-10-19)27(28,29)30/h2-6,9-12,17-18,23H,7-8,13-15H2,1H3. The van der Waals surface area contributed by atoms with Gasteiger partial charge in [-0.2, -0.15) is 18.3 Å². The number of para-hydroxylation sites is 1. The normalized spacial score (nSPS) is 20.0. The van der Waals surface area contributed by atoms with Crippen LogP contribution in [0.3, 0.4) is 0 Å². The second-order valence-electron chi connectivity index (χ2n) is 9.99. The number of likely N-dealkylation sites (tertiary alicyclic amines) is 1. The van der Waals surface area contributed by atoms with Crippen LogP contribution in [0.5, 0.6) is 0 Å². The summed E-state index contributed by atoms with van der Waals surface area (Å²) in [5, 5.41) is 4.70. The van der Waals surface area contributed by atoms with Crippen molar-refractivity contribution in [3.63, 3.8) is 0 Å². The van der Waals surface area contributed by atoms with E-state index in [4.69, 9.17) is 5.10 Å². The summed E-state index contributed by atoms with van der Waals surface area (Å²) in [6.07, 6.45) is -2.28. The van der Waals surface area contributed by atoms with E-state index in [2.05, 4.69) is 0 Å². The molecule has 0 N–H and O–H groups in total. The van der Waals surface area contributed by atoms with Crippen molar-refractivity contribution in [1.82, 2.24) is 19.6 Å². The zero-order valence-corrected chi connectivity index (χ0v) is 19.7. The molecule has 2 fully saturated rings. The molecule has 186 valence electrons. The Kier molecular flexibility index (Phi) is 5.21. The number of alkyl halides is 3. The van der Waals surface area contributed by atoms with Crippen LogP contribution in [0, 0.1) is 18.8 Å². The maximum atomic E-state index is 13.7. The second kappa shape index (κ2) is 8.21. The summed E-state index contributed by atoms with van der Waals surface area (Å²) < 4.78 is 40.2. The molecule has 1 atom stereocenters. The first-order chi connectivity index (χ1) is 17.2. The number of hydrogen-bond donors (Lipinski definition) is 0. The molecule has 6 nitrogen and oxygen atoms in total. The fourth-order valence-corrected chi connectivity index (χ4v) is 5.49. The Morgan fingerprint density at radius 1 is 1.03 bits per heavy atom. The van der Waals surface area contributed by atoms with E-state index < -0.39 is 11.7 Å². The number of amides is 2. The minimum Gasteiger partial charge on any atom is -0.338 e. The van der Waals surface area contributed by atoms with Gasteiger partial charge in [0, 0.05) is 36.7 Å². The molecule has 1 unspecified atom stereocenters. The zero-order valence-electron chi connectivity index (χ0n) is 19.7. The van der Waals surface area contributed by atoms with E-state index >= 15 is 0 Å². The number of halogens is 3. The van der Waals surface area contributed by atoms with E-state index in [0.717, 1.165) is 41.9 Å². The van der Waals surface area contributed by atoms with Gasteiger partial charge in [-0.1, -0.05) is 18.2 Å². The molecule has 2 amide bonds. The zero-order chi connectivity index (χ0) is 25.2. The van der Waals surface area contributed by atoms with E-state index in [1.54, 1.807) is 9.58 Å². The summed E-state index contributed by atoms with van der Waals surface area (Å²) in [6.45, 7) is 3.44. The van der Waals surface area contributed by atoms with Crippen LogP contribution < -0.4 is 0 Å². The summed E-state index contributed by atoms with van der Waals surface area (Å²) in [7, 11) is 0. The summed E-state index contributed by atoms with van der Waals surface area (Å²) in [5.41, 5.74) is 2.83. The molecule has 6 rings (SSSR count). The smallest absolute Gasteiger partial charge is 0.338 e. The highest BCUT2D eigenvalue weighted by atomic mass is 19.4. The molecule has 1 aliphatic carbocycles. The molecule has 9 heteroatoms. The quantitative estimate of drug-likeness (QED) is 0.508. The fourth-order valence-electron chi connectivity index (χ4n) is 5.49. The topological polar surface area (TPSA) is 58.4 Å². The Morgan fingerprint density at radius 3 is 2.31 bits per heavy atom. The lowest BCUT2D eigenvalue weighted by molar-refractivity contribution is -0.137. The van der Waals surface area contributed by atoms with Crippen LogP contribution in [-0.4, -0.2) is 51.0 Å². The Bertz CT molecular complexity index is 1320. The molecule has 3 aromatic rings. The van der Waals surface area contributed by atoms with Gasteiger partial charge in [0.15, 0.2) is 0 Å². The molecule has 36 heavy (non-hydrogen) atoms. The van der Waals surface area contributed by atoms with Crippen molar-refractivity contribution >= 4 is 11.8 Å². The summed E-state index contributed by atoms with van der Waals surface area (Å²) in [5.74, 6) is 0.229. The molecular weight excluding hydrogens is 469 g/mol. The highest BCUT2D eigenvalue weighted by Crippen LogP contribution is 2.51. The number of hydrogen-bond acceptors (Lipinski definition) is 3. The molecule has 2 aliphatic heterocycles. The predicted octanol–water partition coefficient (Wildman–Crippen LogP) is 4.88. The van der Waals surface area contributed by atoms with Gasteiger partial charge in [-0.3, -0.25) is 9.59 Å². The van der Waals surface area contributed by atoms with Crippen LogP contribution >= 0.6 is 0 Å². The SMILES string of the molecule is Cc1nn(-c2ccccc2)c2c1C(C1CC1)N(CC1CN(C(=O)c3ccc(C(F)(F)F)cc3)C1)C2=O. The van der Waals surface area contributed by atoms with Gasteiger partial charge in [0.05, 0.1) is 23.0 Å². The maximum Gasteiger partial charge on any atom is 0.416 e. The van der Waals surface area contributed by atoms with Gasteiger partial charge >= 0.3 is 6.18 Å². The molecule has 1 saturated carbocycles. The third-order valence-electron chi connectivity index (χ3n) is 7.43. The number of rotatable bonds is 5. The second-order valence-corrected chi connectivity index (χ2v) is 9.99.